The molecule has 1 fully saturated rings. The van der Waals surface area contributed by atoms with Crippen LogP contribution in [0.15, 0.2) is 42.5 Å². The molecule has 3 nitrogen and oxygen atoms in total. The molecule has 0 aliphatic carbocycles. The van der Waals surface area contributed by atoms with E-state index in [1.54, 1.807) is 12.1 Å². The van der Waals surface area contributed by atoms with Gasteiger partial charge in [-0.2, -0.15) is 0 Å². The maximum absolute atomic E-state index is 6.20. The van der Waals surface area contributed by atoms with Crippen molar-refractivity contribution in [2.75, 3.05) is 13.1 Å². The number of hydrogen-bond acceptors (Lipinski definition) is 3. The van der Waals surface area contributed by atoms with Gasteiger partial charge in [0.15, 0.2) is 0 Å². The molecule has 1 aliphatic rings. The summed E-state index contributed by atoms with van der Waals surface area (Å²) in [5, 5.41) is 4.07. The van der Waals surface area contributed by atoms with Crippen LogP contribution in [0.4, 0.5) is 0 Å². The molecule has 2 heterocycles. The number of rotatable bonds is 4. The summed E-state index contributed by atoms with van der Waals surface area (Å²) in [7, 11) is 0. The second-order valence-electron chi connectivity index (χ2n) is 5.15. The molecule has 0 bridgehead atoms. The fourth-order valence-electron chi connectivity index (χ4n) is 2.67. The summed E-state index contributed by atoms with van der Waals surface area (Å²) in [5.41, 5.74) is 1.16. The second kappa shape index (κ2) is 6.65. The third-order valence-electron chi connectivity index (χ3n) is 3.65. The van der Waals surface area contributed by atoms with E-state index in [9.17, 15) is 0 Å². The van der Waals surface area contributed by atoms with Crippen LogP contribution in [0.1, 0.15) is 18.1 Å². The zero-order chi connectivity index (χ0) is 14.7. The van der Waals surface area contributed by atoms with Gasteiger partial charge >= 0.3 is 0 Å². The van der Waals surface area contributed by atoms with Crippen molar-refractivity contribution in [2.45, 2.75) is 12.5 Å². The Kier molecular flexibility index (Phi) is 4.63. The minimum Gasteiger partial charge on any atom is -0.485 e. The van der Waals surface area contributed by atoms with E-state index in [0.717, 1.165) is 25.1 Å². The van der Waals surface area contributed by atoms with Crippen molar-refractivity contribution in [3.63, 3.8) is 0 Å². The smallest absolute Gasteiger partial charge is 0.134 e. The topological polar surface area (TPSA) is 34.1 Å². The van der Waals surface area contributed by atoms with E-state index in [0.29, 0.717) is 22.0 Å². The average molecular weight is 323 g/mol. The van der Waals surface area contributed by atoms with E-state index in [-0.39, 0.29) is 6.10 Å². The summed E-state index contributed by atoms with van der Waals surface area (Å²) >= 11 is 11.9. The van der Waals surface area contributed by atoms with Crippen LogP contribution in [0.2, 0.25) is 10.3 Å². The summed E-state index contributed by atoms with van der Waals surface area (Å²) in [6, 6.07) is 13.6. The van der Waals surface area contributed by atoms with E-state index in [4.69, 9.17) is 27.9 Å². The van der Waals surface area contributed by atoms with Gasteiger partial charge in [-0.15, -0.1) is 0 Å². The highest BCUT2D eigenvalue weighted by Gasteiger charge is 2.28. The molecule has 5 heteroatoms. The van der Waals surface area contributed by atoms with Crippen molar-refractivity contribution in [1.82, 2.24) is 10.3 Å². The predicted octanol–water partition coefficient (Wildman–Crippen LogP) is 4.12. The molecule has 21 heavy (non-hydrogen) atoms. The van der Waals surface area contributed by atoms with E-state index in [2.05, 4.69) is 22.4 Å². The Hall–Kier alpha value is -1.29. The molecule has 0 amide bonds. The summed E-state index contributed by atoms with van der Waals surface area (Å²) in [6.07, 6.45) is 1.07. The normalized spacial score (nSPS) is 19.4. The Balaban J connectivity index is 1.88. The van der Waals surface area contributed by atoms with Crippen molar-refractivity contribution < 1.29 is 4.74 Å². The molecule has 3 rings (SSSR count). The Labute approximate surface area is 134 Å². The molecule has 1 unspecified atom stereocenters. The zero-order valence-electron chi connectivity index (χ0n) is 11.4. The second-order valence-corrected chi connectivity index (χ2v) is 5.92. The Morgan fingerprint density at radius 3 is 2.48 bits per heavy atom. The van der Waals surface area contributed by atoms with Crippen molar-refractivity contribution in [1.29, 1.82) is 0 Å². The first-order chi connectivity index (χ1) is 10.2. The number of pyridine rings is 1. The highest BCUT2D eigenvalue weighted by molar-refractivity contribution is 6.32. The number of nitrogens with one attached hydrogen (secondary N) is 1. The minimum absolute atomic E-state index is 0.0178. The average Bonchev–Trinajstić information content (AvgIpc) is 2.98. The van der Waals surface area contributed by atoms with Gasteiger partial charge in [-0.05, 0) is 18.5 Å². The van der Waals surface area contributed by atoms with Crippen LogP contribution >= 0.6 is 23.2 Å². The molecule has 1 aliphatic heterocycles. The number of nitrogens with zero attached hydrogens (tertiary/aromatic N) is 1. The lowest BCUT2D eigenvalue weighted by atomic mass is 9.95. The van der Waals surface area contributed by atoms with Gasteiger partial charge < -0.3 is 10.1 Å². The van der Waals surface area contributed by atoms with Crippen LogP contribution in [0.5, 0.6) is 5.75 Å². The summed E-state index contributed by atoms with van der Waals surface area (Å²) in [6.45, 7) is 1.97. The fourth-order valence-corrected chi connectivity index (χ4v) is 3.11. The molecule has 110 valence electrons. The van der Waals surface area contributed by atoms with Gasteiger partial charge in [0.2, 0.25) is 0 Å². The molecule has 2 atom stereocenters. The lowest BCUT2D eigenvalue weighted by Crippen LogP contribution is -2.21. The molecule has 1 saturated heterocycles. The molecule has 0 spiro atoms. The quantitative estimate of drug-likeness (QED) is 0.860. The number of benzene rings is 1. The van der Waals surface area contributed by atoms with Crippen molar-refractivity contribution in [2.24, 2.45) is 5.92 Å². The Morgan fingerprint density at radius 1 is 1.14 bits per heavy atom. The van der Waals surface area contributed by atoms with Crippen molar-refractivity contribution in [3.8, 4) is 5.75 Å². The van der Waals surface area contributed by atoms with Crippen LogP contribution in [-0.2, 0) is 0 Å². The molecule has 1 N–H and O–H groups in total. The van der Waals surface area contributed by atoms with E-state index in [1.165, 1.54) is 0 Å². The highest BCUT2D eigenvalue weighted by Crippen LogP contribution is 2.33. The molecule has 1 aromatic heterocycles. The largest absolute Gasteiger partial charge is 0.485 e. The molecule has 1 aromatic carbocycles. The number of ether oxygens (including phenoxy) is 1. The van der Waals surface area contributed by atoms with Gasteiger partial charge in [-0.3, -0.25) is 0 Å². The van der Waals surface area contributed by atoms with Gasteiger partial charge in [-0.25, -0.2) is 4.98 Å². The first kappa shape index (κ1) is 14.6. The third-order valence-corrected chi connectivity index (χ3v) is 4.04. The fraction of sp³-hybridized carbons (Fsp3) is 0.312. The molecule has 2 aromatic rings. The van der Waals surface area contributed by atoms with E-state index < -0.39 is 0 Å². The maximum Gasteiger partial charge on any atom is 0.134 e. The van der Waals surface area contributed by atoms with E-state index in [1.807, 2.05) is 18.2 Å². The van der Waals surface area contributed by atoms with E-state index >= 15 is 0 Å². The lowest BCUT2D eigenvalue weighted by molar-refractivity contribution is 0.144. The third kappa shape index (κ3) is 3.67. The van der Waals surface area contributed by atoms with Gasteiger partial charge in [0.1, 0.15) is 22.2 Å². The van der Waals surface area contributed by atoms with Crippen LogP contribution in [0, 0.1) is 5.92 Å². The first-order valence-electron chi connectivity index (χ1n) is 6.98. The van der Waals surface area contributed by atoms with Crippen LogP contribution in [0.3, 0.4) is 0 Å². The van der Waals surface area contributed by atoms with Gasteiger partial charge in [0.25, 0.3) is 0 Å². The SMILES string of the molecule is Clc1cc(OC(c2ccccc2)[C@H]2CCNC2)cc(Cl)n1. The summed E-state index contributed by atoms with van der Waals surface area (Å²) in [4.78, 5) is 3.95. The zero-order valence-corrected chi connectivity index (χ0v) is 12.9. The monoisotopic (exact) mass is 322 g/mol. The molecule has 0 radical (unpaired) electrons. The summed E-state index contributed by atoms with van der Waals surface area (Å²) in [5.74, 6) is 1.08. The molecule has 0 saturated carbocycles. The van der Waals surface area contributed by atoms with Gasteiger partial charge in [-0.1, -0.05) is 53.5 Å². The van der Waals surface area contributed by atoms with Crippen molar-refractivity contribution in [3.05, 3.63) is 58.3 Å². The highest BCUT2D eigenvalue weighted by atomic mass is 35.5. The van der Waals surface area contributed by atoms with Crippen LogP contribution in [0.25, 0.3) is 0 Å². The lowest BCUT2D eigenvalue weighted by Gasteiger charge is -2.25. The van der Waals surface area contributed by atoms with Gasteiger partial charge in [0, 0.05) is 24.6 Å². The molecular formula is C16H16Cl2N2O. The molecular weight excluding hydrogens is 307 g/mol. The predicted molar refractivity (Wildman–Crippen MR) is 85.0 cm³/mol. The van der Waals surface area contributed by atoms with Crippen LogP contribution < -0.4 is 10.1 Å². The van der Waals surface area contributed by atoms with Crippen molar-refractivity contribution >= 4 is 23.2 Å². The van der Waals surface area contributed by atoms with Crippen LogP contribution in [-0.4, -0.2) is 18.1 Å². The maximum atomic E-state index is 6.20. The number of halogens is 2. The number of hydrogen-bond donors (Lipinski definition) is 1. The Bertz CT molecular complexity index is 580. The number of aromatic nitrogens is 1. The standard InChI is InChI=1S/C16H16Cl2N2O/c17-14-8-13(9-15(18)20-14)21-16(12-6-7-19-10-12)11-4-2-1-3-5-11/h1-5,8-9,12,16,19H,6-7,10H2/t12-,16?/m0/s1. The summed E-state index contributed by atoms with van der Waals surface area (Å²) < 4.78 is 6.20. The first-order valence-corrected chi connectivity index (χ1v) is 7.73. The van der Waals surface area contributed by atoms with Gasteiger partial charge in [0.05, 0.1) is 0 Å². The Morgan fingerprint density at radius 2 is 1.86 bits per heavy atom. The minimum atomic E-state index is -0.0178.